The Morgan fingerprint density at radius 2 is 1.00 bits per heavy atom. The predicted molar refractivity (Wildman–Crippen MR) is 271 cm³/mol. The lowest BCUT2D eigenvalue weighted by Gasteiger charge is -2.43. The number of allylic oxidation sites excluding steroid dienone is 15. The van der Waals surface area contributed by atoms with E-state index in [4.69, 9.17) is 18.5 Å². The fourth-order valence-electron chi connectivity index (χ4n) is 6.86. The lowest BCUT2D eigenvalue weighted by molar-refractivity contribution is -0.216. The average molecular weight is 1050 g/mol. The highest BCUT2D eigenvalue weighted by Crippen LogP contribution is 2.49. The van der Waals surface area contributed by atoms with Crippen LogP contribution in [0.1, 0.15) is 142 Å². The number of carbonyl (C=O) groups is 2. The topological polar surface area (TPSA) is 296 Å². The summed E-state index contributed by atoms with van der Waals surface area (Å²) in [6.07, 6.45) is 29.4. The molecule has 0 saturated heterocycles. The molecule has 0 aromatic heterocycles. The summed E-state index contributed by atoms with van der Waals surface area (Å²) in [6, 6.07) is 0. The third-order valence-electron chi connectivity index (χ3n) is 10.8. The molecule has 0 amide bonds. The van der Waals surface area contributed by atoms with Crippen molar-refractivity contribution >= 4 is 27.6 Å². The molecule has 0 radical (unpaired) electrons. The van der Waals surface area contributed by atoms with Crippen LogP contribution in [-0.2, 0) is 41.8 Å². The molecule has 1 aliphatic carbocycles. The highest BCUT2D eigenvalue weighted by Gasteiger charge is 2.54. The van der Waals surface area contributed by atoms with Gasteiger partial charge >= 0.3 is 27.6 Å². The molecule has 406 valence electrons. The van der Waals surface area contributed by atoms with Crippen molar-refractivity contribution in [3.05, 3.63) is 97.2 Å². The molecule has 20 heteroatoms. The van der Waals surface area contributed by atoms with Gasteiger partial charge in [-0.3, -0.25) is 23.2 Å². The third-order valence-corrected chi connectivity index (χ3v) is 12.3. The van der Waals surface area contributed by atoms with E-state index in [-0.39, 0.29) is 32.1 Å². The van der Waals surface area contributed by atoms with Crippen molar-refractivity contribution in [3.8, 4) is 0 Å². The minimum atomic E-state index is -5.41. The van der Waals surface area contributed by atoms with E-state index in [0.717, 1.165) is 57.8 Å². The van der Waals surface area contributed by atoms with Crippen molar-refractivity contribution in [2.45, 2.75) is 197 Å². The van der Waals surface area contributed by atoms with Gasteiger partial charge in [0.15, 0.2) is 6.10 Å². The van der Waals surface area contributed by atoms with E-state index in [1.54, 1.807) is 6.08 Å². The molecule has 1 rings (SSSR count). The lowest BCUT2D eigenvalue weighted by atomic mass is 9.85. The van der Waals surface area contributed by atoms with Crippen molar-refractivity contribution < 1.29 is 87.1 Å². The number of rotatable bonds is 40. The van der Waals surface area contributed by atoms with Crippen molar-refractivity contribution in [2.24, 2.45) is 0 Å². The van der Waals surface area contributed by atoms with Gasteiger partial charge in [0.25, 0.3) is 0 Å². The van der Waals surface area contributed by atoms with E-state index < -0.39 is 95.7 Å². The normalized spacial score (nSPS) is 22.6. The van der Waals surface area contributed by atoms with E-state index in [2.05, 4.69) is 91.3 Å². The second-order valence-electron chi connectivity index (χ2n) is 17.1. The van der Waals surface area contributed by atoms with Crippen LogP contribution in [-0.4, -0.2) is 125 Å². The zero-order valence-electron chi connectivity index (χ0n) is 41.6. The van der Waals surface area contributed by atoms with Crippen molar-refractivity contribution in [1.82, 2.24) is 0 Å². The van der Waals surface area contributed by atoms with Gasteiger partial charge in [-0.15, -0.1) is 0 Å². The first-order valence-electron chi connectivity index (χ1n) is 24.9. The number of hydrogen-bond acceptors (Lipinski definition) is 15. The number of phosphoric acid groups is 2. The number of aliphatic hydroxyl groups is 6. The molecule has 18 nitrogen and oxygen atoms in total. The molecule has 1 saturated carbocycles. The van der Waals surface area contributed by atoms with Crippen LogP contribution in [0, 0.1) is 0 Å². The Labute approximate surface area is 421 Å². The number of ether oxygens (including phenoxy) is 2. The number of unbranched alkanes of at least 4 members (excludes halogenated alkanes) is 6. The van der Waals surface area contributed by atoms with Crippen LogP contribution in [0.4, 0.5) is 0 Å². The van der Waals surface area contributed by atoms with E-state index in [0.29, 0.717) is 19.3 Å². The van der Waals surface area contributed by atoms with Crippen LogP contribution in [0.5, 0.6) is 0 Å². The maximum Gasteiger partial charge on any atom is 0.472 e. The van der Waals surface area contributed by atoms with Gasteiger partial charge in [0, 0.05) is 12.8 Å². The van der Waals surface area contributed by atoms with Gasteiger partial charge < -0.3 is 54.8 Å². The summed E-state index contributed by atoms with van der Waals surface area (Å²) in [5.74, 6) is -1.54. The Morgan fingerprint density at radius 1 is 0.521 bits per heavy atom. The smallest absolute Gasteiger partial charge is 0.462 e. The number of phosphoric ester groups is 2. The molecule has 1 aliphatic rings. The first kappa shape index (κ1) is 65.9. The minimum absolute atomic E-state index is 0.0589. The molecule has 0 bridgehead atoms. The molecule has 9 N–H and O–H groups in total. The van der Waals surface area contributed by atoms with E-state index >= 15 is 0 Å². The summed E-state index contributed by atoms with van der Waals surface area (Å²) in [6.45, 7) is 2.68. The zero-order chi connectivity index (χ0) is 52.8. The molecular weight excluding hydrogens is 962 g/mol. The van der Waals surface area contributed by atoms with Gasteiger partial charge in [0.05, 0.1) is 18.8 Å². The fourth-order valence-corrected chi connectivity index (χ4v) is 8.40. The average Bonchev–Trinajstić information content (AvgIpc) is 3.32. The van der Waals surface area contributed by atoms with Crippen LogP contribution in [0.25, 0.3) is 0 Å². The summed E-state index contributed by atoms with van der Waals surface area (Å²) in [4.78, 5) is 54.4. The second-order valence-corrected chi connectivity index (χ2v) is 19.7. The summed E-state index contributed by atoms with van der Waals surface area (Å²) in [5.41, 5.74) is 0. The van der Waals surface area contributed by atoms with E-state index in [1.165, 1.54) is 19.3 Å². The molecule has 0 heterocycles. The molecule has 0 aliphatic heterocycles. The quantitative estimate of drug-likeness (QED) is 0.0122. The third kappa shape index (κ3) is 34.1. The molecule has 1 fully saturated rings. The number of esters is 2. The number of hydrogen-bond donors (Lipinski definition) is 9. The van der Waals surface area contributed by atoms with E-state index in [1.807, 2.05) is 18.2 Å². The lowest BCUT2D eigenvalue weighted by Crippen LogP contribution is -2.64. The van der Waals surface area contributed by atoms with Gasteiger partial charge in [-0.2, -0.15) is 0 Å². The molecule has 0 aromatic rings. The standard InChI is InChI=1S/C51H84O18P2/c1-3-5-7-9-11-13-15-17-18-19-20-21-22-23-25-27-29-31-33-37-45(55)67-41(40-66-71(63,64)69-51-48(58)46(56)47(57)50(49(51)59)68-70(60,61)62)39-65-44(54)38-34-36-43(53)42(52)35-32-30-28-26-24-16-14-12-10-8-6-4-2/h6,8,11-14,17-18,20-21,23-26,30,32,41-43,46-53,56-59H,3-5,7,9-10,15-16,19,22,27-29,31,33-40H2,1-2H3,(H,63,64)(H2,60,61,62)/b8-6-,13-11-,14-12-,18-17-,21-20-,25-23-,26-24-,32-30-/t41-,42+,43+,46?,47?,48?,49?,50-,51+/m1/s1. The Hall–Kier alpha value is -3.16. The summed E-state index contributed by atoms with van der Waals surface area (Å²) < 4.78 is 49.2. The predicted octanol–water partition coefficient (Wildman–Crippen LogP) is 7.89. The van der Waals surface area contributed by atoms with Crippen LogP contribution in [0.15, 0.2) is 97.2 Å². The number of aliphatic hydroxyl groups excluding tert-OH is 6. The summed E-state index contributed by atoms with van der Waals surface area (Å²) in [5, 5.41) is 62.1. The zero-order valence-corrected chi connectivity index (χ0v) is 43.4. The first-order valence-corrected chi connectivity index (χ1v) is 28.0. The highest BCUT2D eigenvalue weighted by atomic mass is 31.2. The van der Waals surface area contributed by atoms with Crippen LogP contribution in [0.2, 0.25) is 0 Å². The van der Waals surface area contributed by atoms with Crippen LogP contribution >= 0.6 is 15.6 Å². The highest BCUT2D eigenvalue weighted by molar-refractivity contribution is 7.47. The van der Waals surface area contributed by atoms with Crippen molar-refractivity contribution in [3.63, 3.8) is 0 Å². The summed E-state index contributed by atoms with van der Waals surface area (Å²) in [7, 11) is -10.8. The van der Waals surface area contributed by atoms with Gasteiger partial charge in [-0.25, -0.2) is 9.13 Å². The largest absolute Gasteiger partial charge is 0.472 e. The van der Waals surface area contributed by atoms with Crippen molar-refractivity contribution in [1.29, 1.82) is 0 Å². The second kappa shape index (κ2) is 40.3. The fraction of sp³-hybridized carbons (Fsp3) is 0.647. The summed E-state index contributed by atoms with van der Waals surface area (Å²) >= 11 is 0. The number of carbonyl (C=O) groups excluding carboxylic acids is 2. The van der Waals surface area contributed by atoms with Gasteiger partial charge in [-0.1, -0.05) is 130 Å². The maximum atomic E-state index is 13.0. The van der Waals surface area contributed by atoms with Crippen LogP contribution < -0.4 is 0 Å². The van der Waals surface area contributed by atoms with Gasteiger partial charge in [0.2, 0.25) is 0 Å². The molecule has 71 heavy (non-hydrogen) atoms. The molecular formula is C51H84O18P2. The van der Waals surface area contributed by atoms with Crippen molar-refractivity contribution in [2.75, 3.05) is 13.2 Å². The van der Waals surface area contributed by atoms with Gasteiger partial charge in [-0.05, 0) is 96.3 Å². The molecule has 10 atom stereocenters. The van der Waals surface area contributed by atoms with E-state index in [9.17, 15) is 64.0 Å². The Balaban J connectivity index is 2.70. The molecule has 0 aromatic carbocycles. The van der Waals surface area contributed by atoms with Gasteiger partial charge in [0.1, 0.15) is 43.2 Å². The minimum Gasteiger partial charge on any atom is -0.462 e. The maximum absolute atomic E-state index is 13.0. The Bertz CT molecular complexity index is 1770. The molecule has 5 unspecified atom stereocenters. The van der Waals surface area contributed by atoms with Crippen LogP contribution in [0.3, 0.4) is 0 Å². The molecule has 0 spiro atoms. The first-order chi connectivity index (χ1) is 33.9. The SMILES string of the molecule is CC/C=C\C/C=C\C/C=C\C/C=C\C[C@H](O)[C@@H](O)CCCC(=O)OC[C@H](COP(=O)(O)O[C@H]1C(O)C(O)C(O)[C@@H](OP(=O)(O)O)C1O)OC(=O)CCCCC/C=C\C/C=C\C/C=C\C/C=C\CCCCC. The monoisotopic (exact) mass is 1050 g/mol. The Kier molecular flexibility index (Phi) is 37.3. The Morgan fingerprint density at radius 3 is 1.52 bits per heavy atom.